The van der Waals surface area contributed by atoms with Gasteiger partial charge in [-0.1, -0.05) is 23.7 Å². The van der Waals surface area contributed by atoms with Gasteiger partial charge in [0.2, 0.25) is 0 Å². The summed E-state index contributed by atoms with van der Waals surface area (Å²) in [4.78, 5) is 4.51. The highest BCUT2D eigenvalue weighted by Gasteiger charge is 2.34. The maximum absolute atomic E-state index is 10.1. The largest absolute Gasteiger partial charge is 0.388 e. The maximum Gasteiger partial charge on any atom is 0.191 e. The Hall–Kier alpha value is -1.26. The lowest BCUT2D eigenvalue weighted by atomic mass is 9.80. The van der Waals surface area contributed by atoms with Gasteiger partial charge in [0, 0.05) is 11.6 Å². The van der Waals surface area contributed by atoms with E-state index in [2.05, 4.69) is 22.5 Å². The summed E-state index contributed by atoms with van der Waals surface area (Å²) in [6.45, 7) is 5.33. The highest BCUT2D eigenvalue weighted by Crippen LogP contribution is 2.31. The third kappa shape index (κ3) is 4.61. The zero-order valence-corrected chi connectivity index (χ0v) is 13.5. The first-order valence-corrected chi connectivity index (χ1v) is 7.93. The zero-order valence-electron chi connectivity index (χ0n) is 12.7. The number of hydrogen-bond acceptors (Lipinski definition) is 2. The van der Waals surface area contributed by atoms with E-state index in [0.717, 1.165) is 42.4 Å². The van der Waals surface area contributed by atoms with E-state index in [4.69, 9.17) is 11.6 Å². The number of nitrogens with one attached hydrogen (secondary N) is 2. The van der Waals surface area contributed by atoms with E-state index >= 15 is 0 Å². The molecule has 1 atom stereocenters. The Labute approximate surface area is 131 Å². The topological polar surface area (TPSA) is 56.7 Å². The third-order valence-electron chi connectivity index (χ3n) is 3.86. The first kappa shape index (κ1) is 16.1. The first-order chi connectivity index (χ1) is 10.0. The monoisotopic (exact) mass is 309 g/mol. The van der Waals surface area contributed by atoms with E-state index < -0.39 is 5.60 Å². The molecule has 0 aliphatic heterocycles. The Morgan fingerprint density at radius 2 is 2.24 bits per heavy atom. The standard InChI is InChI=1S/C16H24ClN3O/c1-3-18-15(19-11-16(21)8-5-9-16)20-12(2)13-6-4-7-14(17)10-13/h4,6-7,10,12,21H,3,5,8-9,11H2,1-2H3,(H2,18,19,20). The van der Waals surface area contributed by atoms with Crippen LogP contribution in [0, 0.1) is 0 Å². The molecule has 0 heterocycles. The Morgan fingerprint density at radius 3 is 2.81 bits per heavy atom. The van der Waals surface area contributed by atoms with Gasteiger partial charge in [-0.3, -0.25) is 4.99 Å². The minimum absolute atomic E-state index is 0.0949. The molecule has 116 valence electrons. The van der Waals surface area contributed by atoms with Crippen LogP contribution in [-0.4, -0.2) is 29.8 Å². The summed E-state index contributed by atoms with van der Waals surface area (Å²) < 4.78 is 0. The minimum atomic E-state index is -0.596. The van der Waals surface area contributed by atoms with Gasteiger partial charge in [-0.05, 0) is 50.8 Å². The lowest BCUT2D eigenvalue weighted by Crippen LogP contribution is -2.43. The third-order valence-corrected chi connectivity index (χ3v) is 4.10. The van der Waals surface area contributed by atoms with Crippen LogP contribution in [0.1, 0.15) is 44.7 Å². The molecular formula is C16H24ClN3O. The van der Waals surface area contributed by atoms with Crippen molar-refractivity contribution in [2.45, 2.75) is 44.8 Å². The van der Waals surface area contributed by atoms with Crippen LogP contribution in [-0.2, 0) is 0 Å². The quantitative estimate of drug-likeness (QED) is 0.579. The molecular weight excluding hydrogens is 286 g/mol. The molecule has 5 heteroatoms. The van der Waals surface area contributed by atoms with Gasteiger partial charge in [-0.25, -0.2) is 0 Å². The van der Waals surface area contributed by atoms with Crippen LogP contribution in [0.3, 0.4) is 0 Å². The zero-order chi connectivity index (χ0) is 15.3. The van der Waals surface area contributed by atoms with Crippen molar-refractivity contribution < 1.29 is 5.11 Å². The Morgan fingerprint density at radius 1 is 1.48 bits per heavy atom. The van der Waals surface area contributed by atoms with Gasteiger partial charge in [-0.2, -0.15) is 0 Å². The molecule has 0 spiro atoms. The van der Waals surface area contributed by atoms with Crippen LogP contribution in [0.15, 0.2) is 29.3 Å². The van der Waals surface area contributed by atoms with Crippen molar-refractivity contribution in [2.75, 3.05) is 13.1 Å². The van der Waals surface area contributed by atoms with Gasteiger partial charge >= 0.3 is 0 Å². The molecule has 1 fully saturated rings. The number of aliphatic hydroxyl groups is 1. The van der Waals surface area contributed by atoms with E-state index in [1.165, 1.54) is 0 Å². The summed E-state index contributed by atoms with van der Waals surface area (Å²) in [5, 5.41) is 17.4. The highest BCUT2D eigenvalue weighted by atomic mass is 35.5. The van der Waals surface area contributed by atoms with Gasteiger partial charge in [0.15, 0.2) is 5.96 Å². The van der Waals surface area contributed by atoms with Crippen LogP contribution < -0.4 is 10.6 Å². The summed E-state index contributed by atoms with van der Waals surface area (Å²) in [5.74, 6) is 0.727. The SMILES string of the molecule is CCNC(=NCC1(O)CCC1)NC(C)c1cccc(Cl)c1. The predicted molar refractivity (Wildman–Crippen MR) is 87.8 cm³/mol. The van der Waals surface area contributed by atoms with Crippen molar-refractivity contribution in [1.29, 1.82) is 0 Å². The van der Waals surface area contributed by atoms with E-state index in [0.29, 0.717) is 6.54 Å². The van der Waals surface area contributed by atoms with Crippen molar-refractivity contribution >= 4 is 17.6 Å². The van der Waals surface area contributed by atoms with Crippen LogP contribution in [0.4, 0.5) is 0 Å². The molecule has 1 saturated carbocycles. The van der Waals surface area contributed by atoms with E-state index in [9.17, 15) is 5.11 Å². The highest BCUT2D eigenvalue weighted by molar-refractivity contribution is 6.30. The number of aliphatic imine (C=N–C) groups is 1. The fourth-order valence-electron chi connectivity index (χ4n) is 2.35. The second-order valence-electron chi connectivity index (χ2n) is 5.69. The van der Waals surface area contributed by atoms with Crippen molar-refractivity contribution in [3.05, 3.63) is 34.9 Å². The normalized spacial score (nSPS) is 18.8. The summed E-state index contributed by atoms with van der Waals surface area (Å²) in [6.07, 6.45) is 2.79. The molecule has 1 aromatic carbocycles. The van der Waals surface area contributed by atoms with Gasteiger partial charge in [0.05, 0.1) is 18.2 Å². The molecule has 0 radical (unpaired) electrons. The van der Waals surface area contributed by atoms with Gasteiger partial charge in [0.1, 0.15) is 0 Å². The van der Waals surface area contributed by atoms with Crippen LogP contribution in [0.25, 0.3) is 0 Å². The first-order valence-electron chi connectivity index (χ1n) is 7.55. The smallest absolute Gasteiger partial charge is 0.191 e. The molecule has 21 heavy (non-hydrogen) atoms. The van der Waals surface area contributed by atoms with Gasteiger partial charge in [-0.15, -0.1) is 0 Å². The molecule has 1 aromatic rings. The minimum Gasteiger partial charge on any atom is -0.388 e. The van der Waals surface area contributed by atoms with Crippen LogP contribution >= 0.6 is 11.6 Å². The molecule has 0 bridgehead atoms. The number of hydrogen-bond donors (Lipinski definition) is 3. The molecule has 0 saturated heterocycles. The fraction of sp³-hybridized carbons (Fsp3) is 0.562. The Kier molecular flexibility index (Phi) is 5.48. The molecule has 2 rings (SSSR count). The van der Waals surface area contributed by atoms with E-state index in [1.54, 1.807) is 0 Å². The summed E-state index contributed by atoms with van der Waals surface area (Å²) in [5.41, 5.74) is 0.511. The number of guanidine groups is 1. The van der Waals surface area contributed by atoms with Gasteiger partial charge in [0.25, 0.3) is 0 Å². The molecule has 1 unspecified atom stereocenters. The Bertz CT molecular complexity index is 500. The summed E-state index contributed by atoms with van der Waals surface area (Å²) in [7, 11) is 0. The summed E-state index contributed by atoms with van der Waals surface area (Å²) in [6, 6.07) is 7.88. The average molecular weight is 310 g/mol. The number of rotatable bonds is 5. The number of halogens is 1. The van der Waals surface area contributed by atoms with E-state index in [1.807, 2.05) is 31.2 Å². The second kappa shape index (κ2) is 7.14. The molecule has 1 aliphatic carbocycles. The Balaban J connectivity index is 1.99. The fourth-order valence-corrected chi connectivity index (χ4v) is 2.55. The van der Waals surface area contributed by atoms with Gasteiger partial charge < -0.3 is 15.7 Å². The molecule has 4 nitrogen and oxygen atoms in total. The molecule has 1 aliphatic rings. The van der Waals surface area contributed by atoms with Crippen molar-refractivity contribution in [1.82, 2.24) is 10.6 Å². The lowest BCUT2D eigenvalue weighted by molar-refractivity contribution is -0.0236. The predicted octanol–water partition coefficient (Wildman–Crippen LogP) is 2.87. The van der Waals surface area contributed by atoms with Crippen molar-refractivity contribution in [3.8, 4) is 0 Å². The molecule has 0 aromatic heterocycles. The summed E-state index contributed by atoms with van der Waals surface area (Å²) >= 11 is 6.03. The lowest BCUT2D eigenvalue weighted by Gasteiger charge is -2.35. The number of nitrogens with zero attached hydrogens (tertiary/aromatic N) is 1. The average Bonchev–Trinajstić information content (AvgIpc) is 2.43. The van der Waals surface area contributed by atoms with E-state index in [-0.39, 0.29) is 6.04 Å². The van der Waals surface area contributed by atoms with Crippen LogP contribution in [0.2, 0.25) is 5.02 Å². The van der Waals surface area contributed by atoms with Crippen molar-refractivity contribution in [2.24, 2.45) is 4.99 Å². The molecule has 0 amide bonds. The van der Waals surface area contributed by atoms with Crippen LogP contribution in [0.5, 0.6) is 0 Å². The second-order valence-corrected chi connectivity index (χ2v) is 6.13. The molecule has 3 N–H and O–H groups in total. The number of benzene rings is 1. The maximum atomic E-state index is 10.1. The van der Waals surface area contributed by atoms with Crippen molar-refractivity contribution in [3.63, 3.8) is 0 Å².